The summed E-state index contributed by atoms with van der Waals surface area (Å²) in [6.45, 7) is 1.84. The molecule has 1 aromatic carbocycles. The van der Waals surface area contributed by atoms with Gasteiger partial charge in [-0.3, -0.25) is 10.1 Å². The zero-order chi connectivity index (χ0) is 13.9. The molecule has 104 valence electrons. The normalized spacial score (nSPS) is 19.1. The Bertz CT molecular complexity index is 455. The monoisotopic (exact) mass is 262 g/mol. The van der Waals surface area contributed by atoms with Gasteiger partial charge >= 0.3 is 0 Å². The van der Waals surface area contributed by atoms with Gasteiger partial charge in [-0.2, -0.15) is 0 Å². The Hall–Kier alpha value is -1.55. The van der Waals surface area contributed by atoms with Crippen LogP contribution >= 0.6 is 0 Å². The zero-order valence-corrected chi connectivity index (χ0v) is 11.6. The Morgan fingerprint density at radius 3 is 2.58 bits per heavy atom. The highest BCUT2D eigenvalue weighted by Gasteiger charge is 2.38. The molecule has 1 fully saturated rings. The lowest BCUT2D eigenvalue weighted by atomic mass is 9.89. The van der Waals surface area contributed by atoms with Crippen molar-refractivity contribution in [2.75, 3.05) is 7.11 Å². The van der Waals surface area contributed by atoms with E-state index >= 15 is 0 Å². The van der Waals surface area contributed by atoms with Crippen molar-refractivity contribution in [2.45, 2.75) is 44.2 Å². The van der Waals surface area contributed by atoms with Crippen LogP contribution in [-0.4, -0.2) is 19.1 Å². The average Bonchev–Trinajstić information content (AvgIpc) is 2.91. The standard InChI is InChI=1S/C15H22N2O2/c1-15(14(16)18,17-11-7-3-4-8-11)12-9-5-6-10-13(12)19-2/h5-6,9-11,17H,3-4,7-8H2,1-2H3,(H2,16,18). The van der Waals surface area contributed by atoms with E-state index in [2.05, 4.69) is 5.32 Å². The van der Waals surface area contributed by atoms with Crippen LogP contribution in [0.1, 0.15) is 38.2 Å². The van der Waals surface area contributed by atoms with E-state index in [0.717, 1.165) is 18.4 Å². The SMILES string of the molecule is COc1ccccc1C(C)(NC1CCCC1)C(N)=O. The molecule has 1 aliphatic carbocycles. The molecule has 0 aliphatic heterocycles. The molecule has 0 aromatic heterocycles. The van der Waals surface area contributed by atoms with Gasteiger partial charge in [-0.25, -0.2) is 0 Å². The fourth-order valence-electron chi connectivity index (χ4n) is 2.82. The number of hydrogen-bond donors (Lipinski definition) is 2. The van der Waals surface area contributed by atoms with E-state index < -0.39 is 5.54 Å². The third kappa shape index (κ3) is 2.73. The van der Waals surface area contributed by atoms with E-state index in [0.29, 0.717) is 11.8 Å². The number of nitrogens with two attached hydrogens (primary N) is 1. The average molecular weight is 262 g/mol. The van der Waals surface area contributed by atoms with E-state index in [1.54, 1.807) is 7.11 Å². The molecule has 1 amide bonds. The van der Waals surface area contributed by atoms with Gasteiger partial charge in [0.1, 0.15) is 11.3 Å². The van der Waals surface area contributed by atoms with Gasteiger partial charge in [-0.15, -0.1) is 0 Å². The van der Waals surface area contributed by atoms with Crippen molar-refractivity contribution in [2.24, 2.45) is 5.73 Å². The molecule has 1 unspecified atom stereocenters. The van der Waals surface area contributed by atoms with Gasteiger partial charge < -0.3 is 10.5 Å². The fourth-order valence-corrected chi connectivity index (χ4v) is 2.82. The number of primary amides is 1. The van der Waals surface area contributed by atoms with Crippen molar-refractivity contribution in [3.63, 3.8) is 0 Å². The molecule has 0 heterocycles. The summed E-state index contributed by atoms with van der Waals surface area (Å²) in [5.41, 5.74) is 5.56. The topological polar surface area (TPSA) is 64.3 Å². The van der Waals surface area contributed by atoms with Crippen LogP contribution in [-0.2, 0) is 10.3 Å². The van der Waals surface area contributed by atoms with Crippen LogP contribution in [0.15, 0.2) is 24.3 Å². The molecule has 1 atom stereocenters. The molecule has 19 heavy (non-hydrogen) atoms. The number of methoxy groups -OCH3 is 1. The molecule has 0 bridgehead atoms. The minimum absolute atomic E-state index is 0.349. The van der Waals surface area contributed by atoms with Crippen LogP contribution in [0.3, 0.4) is 0 Å². The van der Waals surface area contributed by atoms with Crippen molar-refractivity contribution in [3.8, 4) is 5.75 Å². The first-order valence-electron chi connectivity index (χ1n) is 6.79. The van der Waals surface area contributed by atoms with Gasteiger partial charge in [0.05, 0.1) is 7.11 Å². The minimum atomic E-state index is -0.887. The largest absolute Gasteiger partial charge is 0.496 e. The number of amides is 1. The summed E-state index contributed by atoms with van der Waals surface area (Å²) < 4.78 is 5.36. The summed E-state index contributed by atoms with van der Waals surface area (Å²) in [4.78, 5) is 12.0. The number of hydrogen-bond acceptors (Lipinski definition) is 3. The second kappa shape index (κ2) is 5.61. The van der Waals surface area contributed by atoms with Gasteiger partial charge in [-0.1, -0.05) is 31.0 Å². The Kier molecular flexibility index (Phi) is 4.10. The third-order valence-electron chi connectivity index (χ3n) is 3.99. The number of nitrogens with one attached hydrogen (secondary N) is 1. The molecule has 1 saturated carbocycles. The minimum Gasteiger partial charge on any atom is -0.496 e. The molecular weight excluding hydrogens is 240 g/mol. The van der Waals surface area contributed by atoms with E-state index in [-0.39, 0.29) is 5.91 Å². The Labute approximate surface area is 114 Å². The van der Waals surface area contributed by atoms with Crippen LogP contribution in [0.4, 0.5) is 0 Å². The molecule has 4 heteroatoms. The molecule has 1 aliphatic rings. The van der Waals surface area contributed by atoms with Crippen molar-refractivity contribution in [1.29, 1.82) is 0 Å². The first-order chi connectivity index (χ1) is 9.08. The van der Waals surface area contributed by atoms with Crippen LogP contribution in [0.2, 0.25) is 0 Å². The molecular formula is C15H22N2O2. The maximum Gasteiger partial charge on any atom is 0.242 e. The molecule has 0 saturated heterocycles. The summed E-state index contributed by atoms with van der Waals surface area (Å²) in [7, 11) is 1.61. The maximum atomic E-state index is 12.0. The first kappa shape index (κ1) is 13.9. The van der Waals surface area contributed by atoms with E-state index in [1.807, 2.05) is 31.2 Å². The first-order valence-corrected chi connectivity index (χ1v) is 6.79. The highest BCUT2D eigenvalue weighted by atomic mass is 16.5. The second-order valence-electron chi connectivity index (χ2n) is 5.32. The van der Waals surface area contributed by atoms with Crippen LogP contribution in [0.25, 0.3) is 0 Å². The van der Waals surface area contributed by atoms with E-state index in [9.17, 15) is 4.79 Å². The second-order valence-corrected chi connectivity index (χ2v) is 5.32. The highest BCUT2D eigenvalue weighted by Crippen LogP contribution is 2.32. The Balaban J connectivity index is 2.34. The number of benzene rings is 1. The van der Waals surface area contributed by atoms with Gasteiger partial charge in [0.15, 0.2) is 0 Å². The third-order valence-corrected chi connectivity index (χ3v) is 3.99. The number of carbonyl (C=O) groups is 1. The molecule has 2 rings (SSSR count). The number of rotatable bonds is 5. The van der Waals surface area contributed by atoms with E-state index in [4.69, 9.17) is 10.5 Å². The lowest BCUT2D eigenvalue weighted by Gasteiger charge is -2.32. The number of ether oxygens (including phenoxy) is 1. The van der Waals surface area contributed by atoms with Crippen LogP contribution in [0.5, 0.6) is 5.75 Å². The molecule has 0 spiro atoms. The quantitative estimate of drug-likeness (QED) is 0.852. The lowest BCUT2D eigenvalue weighted by Crippen LogP contribution is -2.53. The number of para-hydroxylation sites is 1. The van der Waals surface area contributed by atoms with Gasteiger partial charge in [-0.05, 0) is 25.8 Å². The summed E-state index contributed by atoms with van der Waals surface area (Å²) in [5.74, 6) is 0.318. The van der Waals surface area contributed by atoms with Crippen molar-refractivity contribution < 1.29 is 9.53 Å². The van der Waals surface area contributed by atoms with E-state index in [1.165, 1.54) is 12.8 Å². The predicted octanol–water partition coefficient (Wildman–Crippen LogP) is 1.93. The van der Waals surface area contributed by atoms with Crippen molar-refractivity contribution in [1.82, 2.24) is 5.32 Å². The van der Waals surface area contributed by atoms with Crippen LogP contribution < -0.4 is 15.8 Å². The molecule has 4 nitrogen and oxygen atoms in total. The van der Waals surface area contributed by atoms with Crippen molar-refractivity contribution in [3.05, 3.63) is 29.8 Å². The Morgan fingerprint density at radius 2 is 2.00 bits per heavy atom. The molecule has 3 N–H and O–H groups in total. The number of carbonyl (C=O) groups excluding carboxylic acids is 1. The van der Waals surface area contributed by atoms with Crippen molar-refractivity contribution >= 4 is 5.91 Å². The fraction of sp³-hybridized carbons (Fsp3) is 0.533. The predicted molar refractivity (Wildman–Crippen MR) is 74.9 cm³/mol. The lowest BCUT2D eigenvalue weighted by molar-refractivity contribution is -0.124. The summed E-state index contributed by atoms with van der Waals surface area (Å²) in [6, 6.07) is 7.88. The zero-order valence-electron chi connectivity index (χ0n) is 11.6. The van der Waals surface area contributed by atoms with Gasteiger partial charge in [0.2, 0.25) is 5.91 Å². The highest BCUT2D eigenvalue weighted by molar-refractivity contribution is 5.86. The van der Waals surface area contributed by atoms with Gasteiger partial charge in [0, 0.05) is 11.6 Å². The molecule has 0 radical (unpaired) electrons. The Morgan fingerprint density at radius 1 is 1.37 bits per heavy atom. The van der Waals surface area contributed by atoms with Gasteiger partial charge in [0.25, 0.3) is 0 Å². The molecule has 1 aromatic rings. The summed E-state index contributed by atoms with van der Waals surface area (Å²) >= 11 is 0. The maximum absolute atomic E-state index is 12.0. The summed E-state index contributed by atoms with van der Waals surface area (Å²) in [6.07, 6.45) is 4.60. The summed E-state index contributed by atoms with van der Waals surface area (Å²) in [5, 5.41) is 3.43. The van der Waals surface area contributed by atoms with Crippen LogP contribution in [0, 0.1) is 0 Å². The smallest absolute Gasteiger partial charge is 0.242 e.